The lowest BCUT2D eigenvalue weighted by Gasteiger charge is -2.38. The van der Waals surface area contributed by atoms with E-state index in [1.54, 1.807) is 0 Å². The van der Waals surface area contributed by atoms with E-state index in [1.807, 2.05) is 0 Å². The predicted octanol–water partition coefficient (Wildman–Crippen LogP) is 2.73. The fourth-order valence-corrected chi connectivity index (χ4v) is 2.68. The second kappa shape index (κ2) is 8.50. The third-order valence-electron chi connectivity index (χ3n) is 3.89. The molecule has 0 saturated carbocycles. The third kappa shape index (κ3) is 4.96. The Kier molecular flexibility index (Phi) is 7.31. The summed E-state index contributed by atoms with van der Waals surface area (Å²) in [4.78, 5) is 4.91. The van der Waals surface area contributed by atoms with Crippen LogP contribution in [-0.2, 0) is 0 Å². The Morgan fingerprint density at radius 2 is 1.72 bits per heavy atom. The van der Waals surface area contributed by atoms with E-state index in [9.17, 15) is 5.26 Å². The van der Waals surface area contributed by atoms with Gasteiger partial charge >= 0.3 is 0 Å². The lowest BCUT2D eigenvalue weighted by atomic mass is 10.0. The summed E-state index contributed by atoms with van der Waals surface area (Å²) < 4.78 is 0. The van der Waals surface area contributed by atoms with Crippen LogP contribution in [0.3, 0.4) is 0 Å². The molecule has 1 aliphatic rings. The first kappa shape index (κ1) is 15.5. The number of hydrogen-bond acceptors (Lipinski definition) is 3. The molecular weight excluding hydrogens is 222 g/mol. The molecule has 0 N–H and O–H groups in total. The minimum atomic E-state index is 0.104. The summed E-state index contributed by atoms with van der Waals surface area (Å²) in [6.45, 7) is 12.2. The second-order valence-corrected chi connectivity index (χ2v) is 5.76. The van der Waals surface area contributed by atoms with Crippen LogP contribution in [0.5, 0.6) is 0 Å². The van der Waals surface area contributed by atoms with Gasteiger partial charge < -0.3 is 4.90 Å². The van der Waals surface area contributed by atoms with Gasteiger partial charge in [0.2, 0.25) is 0 Å². The Morgan fingerprint density at radius 1 is 1.06 bits per heavy atom. The number of unbranched alkanes of at least 4 members (excludes halogenated alkanes) is 3. The molecule has 1 saturated heterocycles. The highest BCUT2D eigenvalue weighted by Crippen LogP contribution is 2.13. The normalized spacial score (nSPS) is 19.9. The summed E-state index contributed by atoms with van der Waals surface area (Å²) in [5.41, 5.74) is 0. The molecule has 1 aliphatic heterocycles. The van der Waals surface area contributed by atoms with Gasteiger partial charge in [-0.05, 0) is 18.9 Å². The number of nitrogens with zero attached hydrogens (tertiary/aromatic N) is 3. The van der Waals surface area contributed by atoms with E-state index in [0.717, 1.165) is 26.2 Å². The Balaban J connectivity index is 2.22. The smallest absolute Gasteiger partial charge is 0.100 e. The Morgan fingerprint density at radius 3 is 2.22 bits per heavy atom. The van der Waals surface area contributed by atoms with Crippen molar-refractivity contribution < 1.29 is 0 Å². The molecule has 0 aromatic heterocycles. The maximum Gasteiger partial charge on any atom is 0.100 e. The van der Waals surface area contributed by atoms with Gasteiger partial charge in [-0.3, -0.25) is 4.90 Å². The largest absolute Gasteiger partial charge is 0.301 e. The summed E-state index contributed by atoms with van der Waals surface area (Å²) >= 11 is 0. The van der Waals surface area contributed by atoms with Crippen LogP contribution in [-0.4, -0.2) is 48.6 Å². The maximum absolute atomic E-state index is 9.21. The molecule has 3 heteroatoms. The fourth-order valence-electron chi connectivity index (χ4n) is 2.68. The van der Waals surface area contributed by atoms with Crippen molar-refractivity contribution in [2.45, 2.75) is 52.5 Å². The first-order chi connectivity index (χ1) is 8.69. The minimum absolute atomic E-state index is 0.104. The molecule has 3 nitrogen and oxygen atoms in total. The Labute approximate surface area is 113 Å². The molecule has 0 aromatic carbocycles. The molecule has 1 fully saturated rings. The number of rotatable bonds is 7. The van der Waals surface area contributed by atoms with Crippen LogP contribution in [0, 0.1) is 17.2 Å². The first-order valence-corrected chi connectivity index (χ1v) is 7.55. The quantitative estimate of drug-likeness (QED) is 0.652. The fraction of sp³-hybridized carbons (Fsp3) is 0.933. The van der Waals surface area contributed by atoms with Crippen molar-refractivity contribution in [1.29, 1.82) is 5.26 Å². The molecule has 0 aliphatic carbocycles. The lowest BCUT2D eigenvalue weighted by Crippen LogP contribution is -2.51. The molecule has 104 valence electrons. The van der Waals surface area contributed by atoms with Crippen molar-refractivity contribution in [2.24, 2.45) is 5.92 Å². The average Bonchev–Trinajstić information content (AvgIpc) is 2.37. The van der Waals surface area contributed by atoms with Gasteiger partial charge in [0.25, 0.3) is 0 Å². The lowest BCUT2D eigenvalue weighted by molar-refractivity contribution is 0.0971. The molecule has 1 rings (SSSR count). The highest BCUT2D eigenvalue weighted by atomic mass is 15.3. The van der Waals surface area contributed by atoms with Gasteiger partial charge in [-0.15, -0.1) is 0 Å². The predicted molar refractivity (Wildman–Crippen MR) is 76.4 cm³/mol. The molecule has 1 heterocycles. The van der Waals surface area contributed by atoms with Crippen LogP contribution in [0.15, 0.2) is 0 Å². The maximum atomic E-state index is 9.21. The van der Waals surface area contributed by atoms with E-state index >= 15 is 0 Å². The van der Waals surface area contributed by atoms with Gasteiger partial charge in [-0.25, -0.2) is 0 Å². The van der Waals surface area contributed by atoms with Gasteiger partial charge in [0, 0.05) is 26.2 Å². The molecule has 18 heavy (non-hydrogen) atoms. The van der Waals surface area contributed by atoms with E-state index in [-0.39, 0.29) is 6.04 Å². The summed E-state index contributed by atoms with van der Waals surface area (Å²) in [5, 5.41) is 9.21. The van der Waals surface area contributed by atoms with Crippen LogP contribution in [0.2, 0.25) is 0 Å². The average molecular weight is 251 g/mol. The number of hydrogen-bond donors (Lipinski definition) is 0. The number of piperazine rings is 1. The van der Waals surface area contributed by atoms with E-state index in [2.05, 4.69) is 36.6 Å². The number of nitriles is 1. The zero-order valence-corrected chi connectivity index (χ0v) is 12.4. The van der Waals surface area contributed by atoms with E-state index in [0.29, 0.717) is 5.92 Å². The van der Waals surface area contributed by atoms with Gasteiger partial charge in [-0.1, -0.05) is 40.0 Å². The standard InChI is InChI=1S/C15H29N3/c1-4-5-6-7-8-17-9-11-18(12-10-17)15(13-16)14(2)3/h14-15H,4-12H2,1-3H3/t15-/m1/s1. The molecule has 1 atom stereocenters. The minimum Gasteiger partial charge on any atom is -0.301 e. The van der Waals surface area contributed by atoms with Crippen LogP contribution < -0.4 is 0 Å². The topological polar surface area (TPSA) is 30.3 Å². The molecule has 0 unspecified atom stereocenters. The van der Waals surface area contributed by atoms with E-state index < -0.39 is 0 Å². The van der Waals surface area contributed by atoms with Crippen molar-refractivity contribution in [3.8, 4) is 6.07 Å². The molecule has 0 bridgehead atoms. The van der Waals surface area contributed by atoms with Gasteiger partial charge in [0.05, 0.1) is 6.07 Å². The highest BCUT2D eigenvalue weighted by Gasteiger charge is 2.25. The van der Waals surface area contributed by atoms with Crippen molar-refractivity contribution in [3.63, 3.8) is 0 Å². The summed E-state index contributed by atoms with van der Waals surface area (Å²) in [6, 6.07) is 2.56. The summed E-state index contributed by atoms with van der Waals surface area (Å²) in [5.74, 6) is 0.436. The third-order valence-corrected chi connectivity index (χ3v) is 3.89. The molecular formula is C15H29N3. The Bertz CT molecular complexity index is 249. The van der Waals surface area contributed by atoms with Crippen LogP contribution in [0.1, 0.15) is 46.5 Å². The summed E-state index contributed by atoms with van der Waals surface area (Å²) in [7, 11) is 0. The second-order valence-electron chi connectivity index (χ2n) is 5.76. The molecule has 0 amide bonds. The first-order valence-electron chi connectivity index (χ1n) is 7.55. The molecule has 0 aromatic rings. The van der Waals surface area contributed by atoms with E-state index in [4.69, 9.17) is 0 Å². The summed E-state index contributed by atoms with van der Waals surface area (Å²) in [6.07, 6.45) is 5.37. The van der Waals surface area contributed by atoms with Crippen LogP contribution in [0.4, 0.5) is 0 Å². The monoisotopic (exact) mass is 251 g/mol. The van der Waals surface area contributed by atoms with Crippen molar-refractivity contribution in [1.82, 2.24) is 9.80 Å². The zero-order valence-electron chi connectivity index (χ0n) is 12.4. The molecule has 0 spiro atoms. The molecule has 0 radical (unpaired) electrons. The van der Waals surface area contributed by atoms with Gasteiger partial charge in [-0.2, -0.15) is 5.26 Å². The van der Waals surface area contributed by atoms with Crippen LogP contribution >= 0.6 is 0 Å². The van der Waals surface area contributed by atoms with Crippen molar-refractivity contribution in [2.75, 3.05) is 32.7 Å². The Hall–Kier alpha value is -0.590. The zero-order chi connectivity index (χ0) is 13.4. The van der Waals surface area contributed by atoms with Crippen LogP contribution in [0.25, 0.3) is 0 Å². The van der Waals surface area contributed by atoms with Gasteiger partial charge in [0.15, 0.2) is 0 Å². The SMILES string of the molecule is CCCCCCN1CCN([C@H](C#N)C(C)C)CC1. The van der Waals surface area contributed by atoms with Crippen molar-refractivity contribution >= 4 is 0 Å². The van der Waals surface area contributed by atoms with E-state index in [1.165, 1.54) is 32.2 Å². The van der Waals surface area contributed by atoms with Gasteiger partial charge in [0.1, 0.15) is 6.04 Å². The van der Waals surface area contributed by atoms with Crippen molar-refractivity contribution in [3.05, 3.63) is 0 Å². The highest BCUT2D eigenvalue weighted by molar-refractivity contribution is 4.95.